The molecule has 2 saturated carbocycles. The van der Waals surface area contributed by atoms with Crippen molar-refractivity contribution in [3.8, 4) is 0 Å². The van der Waals surface area contributed by atoms with Crippen LogP contribution in [-0.4, -0.2) is 47.6 Å². The molecule has 0 heterocycles. The Hall–Kier alpha value is -1.14. The second kappa shape index (κ2) is 12.4. The second-order valence-corrected chi connectivity index (χ2v) is 10.0. The number of hydrogen-bond acceptors (Lipinski definition) is 6. The summed E-state index contributed by atoms with van der Waals surface area (Å²) in [4.78, 5) is 27.6. The maximum atomic E-state index is 13.8. The third kappa shape index (κ3) is 6.25. The first-order valence-corrected chi connectivity index (χ1v) is 13.0. The van der Waals surface area contributed by atoms with Gasteiger partial charge in [0.1, 0.15) is 0 Å². The Morgan fingerprint density at radius 1 is 0.656 bits per heavy atom. The van der Waals surface area contributed by atoms with Crippen molar-refractivity contribution in [3.05, 3.63) is 0 Å². The van der Waals surface area contributed by atoms with E-state index in [9.17, 15) is 9.59 Å². The Balaban J connectivity index is 2.57. The SMILES string of the molecule is CCC(OC1CCCCC1)(C(=O)OC(C)C)C(CC)(OC1CCCCC1)C(=O)OC(C)C. The summed E-state index contributed by atoms with van der Waals surface area (Å²) in [6.07, 6.45) is 9.78. The van der Waals surface area contributed by atoms with Crippen LogP contribution in [0.4, 0.5) is 0 Å². The first-order valence-electron chi connectivity index (χ1n) is 13.0. The Kier molecular flexibility index (Phi) is 10.5. The fourth-order valence-electron chi connectivity index (χ4n) is 5.20. The van der Waals surface area contributed by atoms with Gasteiger partial charge in [-0.2, -0.15) is 0 Å². The molecule has 32 heavy (non-hydrogen) atoms. The van der Waals surface area contributed by atoms with Crippen molar-refractivity contribution in [1.29, 1.82) is 0 Å². The summed E-state index contributed by atoms with van der Waals surface area (Å²) in [5.41, 5.74) is -3.09. The number of hydrogen-bond donors (Lipinski definition) is 0. The fourth-order valence-corrected chi connectivity index (χ4v) is 5.20. The molecule has 2 rings (SSSR count). The number of rotatable bonds is 11. The van der Waals surface area contributed by atoms with Crippen LogP contribution in [0.3, 0.4) is 0 Å². The molecule has 0 spiro atoms. The zero-order valence-electron chi connectivity index (χ0n) is 21.2. The number of carbonyl (C=O) groups is 2. The molecule has 6 heteroatoms. The van der Waals surface area contributed by atoms with Crippen LogP contribution in [0, 0.1) is 0 Å². The summed E-state index contributed by atoms with van der Waals surface area (Å²) < 4.78 is 24.9. The lowest BCUT2D eigenvalue weighted by Crippen LogP contribution is -2.69. The highest BCUT2D eigenvalue weighted by atomic mass is 16.6. The van der Waals surface area contributed by atoms with Gasteiger partial charge < -0.3 is 18.9 Å². The lowest BCUT2D eigenvalue weighted by Gasteiger charge is -2.49. The van der Waals surface area contributed by atoms with Crippen LogP contribution < -0.4 is 0 Å². The number of esters is 2. The molecule has 6 nitrogen and oxygen atoms in total. The second-order valence-electron chi connectivity index (χ2n) is 10.0. The Labute approximate surface area is 195 Å². The van der Waals surface area contributed by atoms with E-state index in [0.717, 1.165) is 51.4 Å². The van der Waals surface area contributed by atoms with Crippen LogP contribution in [-0.2, 0) is 28.5 Å². The maximum Gasteiger partial charge on any atom is 0.342 e. The van der Waals surface area contributed by atoms with Crippen LogP contribution >= 0.6 is 0 Å². The molecular weight excluding hydrogens is 408 g/mol. The molecule has 0 N–H and O–H groups in total. The molecule has 0 amide bonds. The average Bonchev–Trinajstić information content (AvgIpc) is 2.76. The minimum Gasteiger partial charge on any atom is -0.461 e. The summed E-state index contributed by atoms with van der Waals surface area (Å²) >= 11 is 0. The molecule has 0 aromatic rings. The topological polar surface area (TPSA) is 71.1 Å². The van der Waals surface area contributed by atoms with Crippen molar-refractivity contribution in [2.45, 2.75) is 154 Å². The molecule has 0 radical (unpaired) electrons. The summed E-state index contributed by atoms with van der Waals surface area (Å²) in [5, 5.41) is 0. The Morgan fingerprint density at radius 3 is 1.22 bits per heavy atom. The van der Waals surface area contributed by atoms with E-state index < -0.39 is 23.1 Å². The largest absolute Gasteiger partial charge is 0.461 e. The molecule has 2 fully saturated rings. The molecule has 2 unspecified atom stereocenters. The zero-order chi connectivity index (χ0) is 23.8. The monoisotopic (exact) mass is 454 g/mol. The van der Waals surface area contributed by atoms with Crippen molar-refractivity contribution in [2.75, 3.05) is 0 Å². The summed E-state index contributed by atoms with van der Waals surface area (Å²) in [6.45, 7) is 11.1. The molecule has 2 aliphatic rings. The highest BCUT2D eigenvalue weighted by Crippen LogP contribution is 2.44. The lowest BCUT2D eigenvalue weighted by atomic mass is 9.76. The minimum absolute atomic E-state index is 0.101. The van der Waals surface area contributed by atoms with E-state index in [1.807, 2.05) is 41.5 Å². The van der Waals surface area contributed by atoms with E-state index in [-0.39, 0.29) is 37.3 Å². The van der Waals surface area contributed by atoms with Crippen molar-refractivity contribution in [2.24, 2.45) is 0 Å². The van der Waals surface area contributed by atoms with Gasteiger partial charge in [0.05, 0.1) is 24.4 Å². The van der Waals surface area contributed by atoms with Gasteiger partial charge in [-0.15, -0.1) is 0 Å². The van der Waals surface area contributed by atoms with Gasteiger partial charge in [-0.3, -0.25) is 0 Å². The fraction of sp³-hybridized carbons (Fsp3) is 0.923. The normalized spacial score (nSPS) is 22.4. The van der Waals surface area contributed by atoms with E-state index in [1.54, 1.807) is 0 Å². The third-order valence-electron chi connectivity index (χ3n) is 6.83. The smallest absolute Gasteiger partial charge is 0.342 e. The summed E-state index contributed by atoms with van der Waals surface area (Å²) in [6, 6.07) is 0. The first-order chi connectivity index (χ1) is 15.2. The van der Waals surface area contributed by atoms with Gasteiger partial charge in [-0.05, 0) is 66.2 Å². The quantitative estimate of drug-likeness (QED) is 0.363. The van der Waals surface area contributed by atoms with E-state index >= 15 is 0 Å². The molecule has 2 aliphatic carbocycles. The maximum absolute atomic E-state index is 13.8. The highest BCUT2D eigenvalue weighted by molar-refractivity contribution is 5.93. The van der Waals surface area contributed by atoms with Gasteiger partial charge >= 0.3 is 11.9 Å². The van der Waals surface area contributed by atoms with E-state index in [4.69, 9.17) is 18.9 Å². The molecule has 0 aromatic carbocycles. The highest BCUT2D eigenvalue weighted by Gasteiger charge is 2.65. The molecule has 186 valence electrons. The molecular formula is C26H46O6. The van der Waals surface area contributed by atoms with Crippen LogP contribution in [0.1, 0.15) is 119 Å². The van der Waals surface area contributed by atoms with Gasteiger partial charge in [0, 0.05) is 0 Å². The standard InChI is InChI=1S/C26H46O6/c1-7-25(23(27)29-19(3)4,31-21-15-11-9-12-16-21)26(8-2,24(28)30-20(5)6)32-22-17-13-10-14-18-22/h19-22H,7-18H2,1-6H3. The van der Waals surface area contributed by atoms with Crippen LogP contribution in [0.5, 0.6) is 0 Å². The molecule has 2 atom stereocenters. The van der Waals surface area contributed by atoms with Crippen LogP contribution in [0.25, 0.3) is 0 Å². The molecule has 0 aliphatic heterocycles. The lowest BCUT2D eigenvalue weighted by molar-refractivity contribution is -0.263. The number of ether oxygens (including phenoxy) is 4. The van der Waals surface area contributed by atoms with Crippen molar-refractivity contribution in [3.63, 3.8) is 0 Å². The van der Waals surface area contributed by atoms with Crippen molar-refractivity contribution >= 4 is 11.9 Å². The van der Waals surface area contributed by atoms with Gasteiger partial charge in [0.2, 0.25) is 11.2 Å². The zero-order valence-corrected chi connectivity index (χ0v) is 21.2. The predicted octanol–water partition coefficient (Wildman–Crippen LogP) is 5.89. The van der Waals surface area contributed by atoms with Crippen molar-refractivity contribution in [1.82, 2.24) is 0 Å². The Morgan fingerprint density at radius 2 is 0.969 bits per heavy atom. The minimum atomic E-state index is -1.54. The first kappa shape index (κ1) is 27.1. The van der Waals surface area contributed by atoms with Crippen LogP contribution in [0.15, 0.2) is 0 Å². The van der Waals surface area contributed by atoms with E-state index in [1.165, 1.54) is 12.8 Å². The molecule has 0 bridgehead atoms. The van der Waals surface area contributed by atoms with Gasteiger partial charge in [-0.1, -0.05) is 52.4 Å². The summed E-state index contributed by atoms with van der Waals surface area (Å²) in [5.74, 6) is -1.03. The van der Waals surface area contributed by atoms with Gasteiger partial charge in [0.25, 0.3) is 0 Å². The molecule has 0 saturated heterocycles. The van der Waals surface area contributed by atoms with Gasteiger partial charge in [-0.25, -0.2) is 9.59 Å². The average molecular weight is 455 g/mol. The van der Waals surface area contributed by atoms with Gasteiger partial charge in [0.15, 0.2) is 0 Å². The van der Waals surface area contributed by atoms with Crippen molar-refractivity contribution < 1.29 is 28.5 Å². The third-order valence-corrected chi connectivity index (χ3v) is 6.83. The Bertz CT molecular complexity index is 539. The predicted molar refractivity (Wildman–Crippen MR) is 124 cm³/mol. The van der Waals surface area contributed by atoms with E-state index in [0.29, 0.717) is 0 Å². The molecule has 0 aromatic heterocycles. The van der Waals surface area contributed by atoms with E-state index in [2.05, 4.69) is 0 Å². The van der Waals surface area contributed by atoms with Crippen LogP contribution in [0.2, 0.25) is 0 Å². The summed E-state index contributed by atoms with van der Waals surface area (Å²) in [7, 11) is 0. The number of carbonyl (C=O) groups excluding carboxylic acids is 2.